The van der Waals surface area contributed by atoms with Gasteiger partial charge in [-0.25, -0.2) is 14.9 Å². The first-order valence-electron chi connectivity index (χ1n) is 11.1. The first-order valence-corrected chi connectivity index (χ1v) is 11.9. The van der Waals surface area contributed by atoms with Gasteiger partial charge in [0.2, 0.25) is 5.91 Å². The zero-order valence-corrected chi connectivity index (χ0v) is 20.1. The molecule has 2 saturated heterocycles. The predicted molar refractivity (Wildman–Crippen MR) is 135 cm³/mol. The second-order valence-corrected chi connectivity index (χ2v) is 9.38. The number of benzene rings is 3. The van der Waals surface area contributed by atoms with Crippen LogP contribution in [0.25, 0.3) is 10.9 Å². The summed E-state index contributed by atoms with van der Waals surface area (Å²) < 4.78 is 0. The monoisotopic (exact) mass is 503 g/mol. The van der Waals surface area contributed by atoms with E-state index in [0.717, 1.165) is 10.9 Å². The van der Waals surface area contributed by atoms with Crippen LogP contribution in [0.15, 0.2) is 78.9 Å². The Labute approximate surface area is 211 Å². The number of aromatic nitrogens is 1. The summed E-state index contributed by atoms with van der Waals surface area (Å²) in [5.74, 6) is -1.61. The van der Waals surface area contributed by atoms with Gasteiger partial charge in [-0.2, -0.15) is 0 Å². The molecule has 6 rings (SSSR count). The molecule has 0 aliphatic carbocycles. The van der Waals surface area contributed by atoms with E-state index in [1.807, 2.05) is 60.7 Å². The van der Waals surface area contributed by atoms with E-state index in [1.165, 1.54) is 4.90 Å². The number of imide groups is 1. The van der Waals surface area contributed by atoms with Crippen molar-refractivity contribution in [3.63, 3.8) is 0 Å². The summed E-state index contributed by atoms with van der Waals surface area (Å²) in [6, 6.07) is 23.4. The van der Waals surface area contributed by atoms with Crippen molar-refractivity contribution in [2.24, 2.45) is 5.92 Å². The lowest BCUT2D eigenvalue weighted by Crippen LogP contribution is -2.37. The first-order chi connectivity index (χ1) is 17.0. The van der Waals surface area contributed by atoms with Crippen LogP contribution in [0.4, 0.5) is 11.4 Å². The number of pyridine rings is 1. The zero-order valence-electron chi connectivity index (χ0n) is 18.6. The Hall–Kier alpha value is -3.45. The maximum atomic E-state index is 13.9. The molecule has 3 heterocycles. The fourth-order valence-electron chi connectivity index (χ4n) is 4.92. The normalized spacial score (nSPS) is 21.7. The second-order valence-electron chi connectivity index (χ2n) is 8.61. The smallest absolute Gasteiger partial charge is 0.266 e. The Morgan fingerprint density at radius 2 is 1.63 bits per heavy atom. The maximum absolute atomic E-state index is 13.9. The summed E-state index contributed by atoms with van der Waals surface area (Å²) in [4.78, 5) is 39.4. The van der Waals surface area contributed by atoms with E-state index in [4.69, 9.17) is 28.0 Å². The van der Waals surface area contributed by atoms with Gasteiger partial charge in [0.25, 0.3) is 5.91 Å². The summed E-state index contributed by atoms with van der Waals surface area (Å²) in [6.07, 6.45) is -1.01. The van der Waals surface area contributed by atoms with Crippen molar-refractivity contribution in [1.29, 1.82) is 0 Å². The van der Waals surface area contributed by atoms with E-state index < -0.39 is 24.0 Å². The minimum absolute atomic E-state index is 0.261. The molecule has 2 aliphatic rings. The summed E-state index contributed by atoms with van der Waals surface area (Å²) in [7, 11) is 0. The van der Waals surface area contributed by atoms with Gasteiger partial charge in [0, 0.05) is 16.0 Å². The predicted octanol–water partition coefficient (Wildman–Crippen LogP) is 5.90. The third-order valence-electron chi connectivity index (χ3n) is 6.63. The number of carbonyl (C=O) groups is 2. The van der Waals surface area contributed by atoms with Crippen molar-refractivity contribution >= 4 is 57.3 Å². The Morgan fingerprint density at radius 3 is 2.43 bits per heavy atom. The molecule has 2 fully saturated rings. The molecule has 1 aromatic heterocycles. The standard InChI is InChI=1S/C27H19Cl2N3O3/c1-15-19(28)11-7-13-21(15)31-26(33)22-23(18-14-16-8-5-6-12-20(16)30-25(18)29)32(35-24(22)27(31)34)17-9-3-2-4-10-17/h2-14,22-24H,1H3/t22-,23+,24+/m0/s1. The van der Waals surface area contributed by atoms with Crippen LogP contribution < -0.4 is 9.96 Å². The second kappa shape index (κ2) is 8.34. The number of carbonyl (C=O) groups excluding carboxylic acids is 2. The summed E-state index contributed by atoms with van der Waals surface area (Å²) >= 11 is 13.0. The number of hydrogen-bond donors (Lipinski definition) is 0. The number of fused-ring (bicyclic) bond motifs is 2. The molecule has 35 heavy (non-hydrogen) atoms. The van der Waals surface area contributed by atoms with Gasteiger partial charge in [0.15, 0.2) is 6.10 Å². The number of amides is 2. The number of halogens is 2. The Balaban J connectivity index is 1.51. The van der Waals surface area contributed by atoms with Crippen molar-refractivity contribution in [3.05, 3.63) is 100 Å². The van der Waals surface area contributed by atoms with Crippen LogP contribution in [0.5, 0.6) is 0 Å². The number of rotatable bonds is 3. The van der Waals surface area contributed by atoms with Crippen molar-refractivity contribution in [3.8, 4) is 0 Å². The average Bonchev–Trinajstić information content (AvgIpc) is 3.37. The SMILES string of the molecule is Cc1c(Cl)cccc1N1C(=O)[C@H]2[C@@H](c3cc4ccccc4nc3Cl)N(c3ccccc3)O[C@H]2C1=O. The molecule has 174 valence electrons. The van der Waals surface area contributed by atoms with E-state index in [9.17, 15) is 9.59 Å². The van der Waals surface area contributed by atoms with Crippen molar-refractivity contribution in [1.82, 2.24) is 4.98 Å². The fourth-order valence-corrected chi connectivity index (χ4v) is 5.35. The van der Waals surface area contributed by atoms with Crippen molar-refractivity contribution < 1.29 is 14.4 Å². The Morgan fingerprint density at radius 1 is 0.886 bits per heavy atom. The highest BCUT2D eigenvalue weighted by Gasteiger charge is 2.61. The van der Waals surface area contributed by atoms with Crippen LogP contribution >= 0.6 is 23.2 Å². The fraction of sp³-hybridized carbons (Fsp3) is 0.148. The molecule has 0 saturated carbocycles. The molecule has 0 bridgehead atoms. The zero-order chi connectivity index (χ0) is 24.3. The minimum Gasteiger partial charge on any atom is -0.273 e. The van der Waals surface area contributed by atoms with Crippen LogP contribution in [0.1, 0.15) is 17.2 Å². The van der Waals surface area contributed by atoms with Gasteiger partial charge in [-0.15, -0.1) is 0 Å². The van der Waals surface area contributed by atoms with Crippen LogP contribution in [-0.2, 0) is 14.4 Å². The van der Waals surface area contributed by atoms with E-state index >= 15 is 0 Å². The highest BCUT2D eigenvalue weighted by molar-refractivity contribution is 6.33. The number of hydrogen-bond acceptors (Lipinski definition) is 5. The number of hydroxylamine groups is 1. The van der Waals surface area contributed by atoms with Gasteiger partial charge in [-0.05, 0) is 48.9 Å². The van der Waals surface area contributed by atoms with Gasteiger partial charge in [0.1, 0.15) is 11.1 Å². The van der Waals surface area contributed by atoms with Crippen molar-refractivity contribution in [2.75, 3.05) is 9.96 Å². The molecular weight excluding hydrogens is 485 g/mol. The van der Waals surface area contributed by atoms with E-state index in [0.29, 0.717) is 27.5 Å². The molecule has 2 aliphatic heterocycles. The molecule has 0 spiro atoms. The molecule has 8 heteroatoms. The molecule has 0 N–H and O–H groups in total. The molecule has 0 unspecified atom stereocenters. The molecular formula is C27H19Cl2N3O3. The van der Waals surface area contributed by atoms with Gasteiger partial charge in [-0.3, -0.25) is 14.4 Å². The van der Waals surface area contributed by atoms with Gasteiger partial charge in [0.05, 0.1) is 22.9 Å². The molecule has 2 amide bonds. The molecule has 4 aromatic rings. The van der Waals surface area contributed by atoms with Crippen LogP contribution in [-0.4, -0.2) is 22.9 Å². The molecule has 6 nitrogen and oxygen atoms in total. The molecule has 0 radical (unpaired) electrons. The number of anilines is 2. The summed E-state index contributed by atoms with van der Waals surface area (Å²) in [5.41, 5.74) is 3.18. The van der Waals surface area contributed by atoms with Crippen LogP contribution in [0.3, 0.4) is 0 Å². The topological polar surface area (TPSA) is 62.7 Å². The lowest BCUT2D eigenvalue weighted by molar-refractivity contribution is -0.126. The van der Waals surface area contributed by atoms with Gasteiger partial charge >= 0.3 is 0 Å². The van der Waals surface area contributed by atoms with E-state index in [1.54, 1.807) is 30.2 Å². The summed E-state index contributed by atoms with van der Waals surface area (Å²) in [5, 5.41) is 3.23. The third-order valence-corrected chi connectivity index (χ3v) is 7.34. The first kappa shape index (κ1) is 22.0. The molecule has 3 atom stereocenters. The van der Waals surface area contributed by atoms with Crippen LogP contribution in [0.2, 0.25) is 10.2 Å². The number of para-hydroxylation sites is 2. The molecule has 3 aromatic carbocycles. The Bertz CT molecular complexity index is 1490. The average molecular weight is 504 g/mol. The Kier molecular flexibility index (Phi) is 5.25. The summed E-state index contributed by atoms with van der Waals surface area (Å²) in [6.45, 7) is 1.78. The highest BCUT2D eigenvalue weighted by atomic mass is 35.5. The minimum atomic E-state index is -1.01. The quantitative estimate of drug-likeness (QED) is 0.257. The van der Waals surface area contributed by atoms with Gasteiger partial charge < -0.3 is 0 Å². The van der Waals surface area contributed by atoms with Gasteiger partial charge in [-0.1, -0.05) is 65.7 Å². The maximum Gasteiger partial charge on any atom is 0.266 e. The lowest BCUT2D eigenvalue weighted by Gasteiger charge is -2.29. The van der Waals surface area contributed by atoms with E-state index in [-0.39, 0.29) is 11.1 Å². The van der Waals surface area contributed by atoms with Crippen molar-refractivity contribution in [2.45, 2.75) is 19.1 Å². The van der Waals surface area contributed by atoms with E-state index in [2.05, 4.69) is 4.98 Å². The lowest BCUT2D eigenvalue weighted by atomic mass is 9.90. The highest BCUT2D eigenvalue weighted by Crippen LogP contribution is 2.49. The third kappa shape index (κ3) is 3.40. The van der Waals surface area contributed by atoms with Crippen LogP contribution in [0, 0.1) is 12.8 Å². The largest absolute Gasteiger partial charge is 0.273 e. The number of nitrogens with zero attached hydrogens (tertiary/aromatic N) is 3.